The van der Waals surface area contributed by atoms with E-state index in [1.807, 2.05) is 11.0 Å². The number of aliphatic carboxylic acids is 1. The van der Waals surface area contributed by atoms with Gasteiger partial charge in [0.1, 0.15) is 5.65 Å². The van der Waals surface area contributed by atoms with Crippen molar-refractivity contribution in [2.45, 2.75) is 25.4 Å². The molecule has 104 valence electrons. The third kappa shape index (κ3) is 2.70. The van der Waals surface area contributed by atoms with E-state index in [0.717, 1.165) is 12.8 Å². The SMILES string of the molecule is O=C(O)CN(Cc1cc(=O)n2ccccc2n1)C1CC1. The van der Waals surface area contributed by atoms with Gasteiger partial charge >= 0.3 is 5.97 Å². The lowest BCUT2D eigenvalue weighted by atomic mass is 10.3. The standard InChI is InChI=1S/C14H15N3O3/c18-13-7-10(15-12-3-1-2-6-17(12)13)8-16(9-14(19)20)11-4-5-11/h1-3,6-7,11H,4-5,8-9H2,(H,19,20). The lowest BCUT2D eigenvalue weighted by Crippen LogP contribution is -2.32. The molecule has 2 heterocycles. The summed E-state index contributed by atoms with van der Waals surface area (Å²) in [6.07, 6.45) is 3.70. The quantitative estimate of drug-likeness (QED) is 0.869. The van der Waals surface area contributed by atoms with Crippen LogP contribution in [0.5, 0.6) is 0 Å². The Kier molecular flexibility index (Phi) is 3.23. The summed E-state index contributed by atoms with van der Waals surface area (Å²) < 4.78 is 1.47. The minimum absolute atomic E-state index is 0.0134. The molecule has 0 radical (unpaired) electrons. The number of nitrogens with zero attached hydrogens (tertiary/aromatic N) is 3. The number of rotatable bonds is 5. The number of hydrogen-bond donors (Lipinski definition) is 1. The number of carboxylic acids is 1. The molecule has 1 aliphatic carbocycles. The Balaban J connectivity index is 1.89. The van der Waals surface area contributed by atoms with Crippen molar-refractivity contribution in [3.63, 3.8) is 0 Å². The minimum Gasteiger partial charge on any atom is -0.480 e. The van der Waals surface area contributed by atoms with E-state index in [1.54, 1.807) is 18.3 Å². The molecular formula is C14H15N3O3. The Bertz CT molecular complexity index is 706. The summed E-state index contributed by atoms with van der Waals surface area (Å²) in [4.78, 5) is 29.1. The first-order valence-electron chi connectivity index (χ1n) is 6.56. The Labute approximate surface area is 115 Å². The van der Waals surface area contributed by atoms with Crippen molar-refractivity contribution in [3.8, 4) is 0 Å². The fourth-order valence-electron chi connectivity index (χ4n) is 2.32. The topological polar surface area (TPSA) is 74.9 Å². The Morgan fingerprint density at radius 1 is 1.45 bits per heavy atom. The van der Waals surface area contributed by atoms with Crippen LogP contribution in [0.15, 0.2) is 35.3 Å². The van der Waals surface area contributed by atoms with Gasteiger partial charge in [0.15, 0.2) is 0 Å². The summed E-state index contributed by atoms with van der Waals surface area (Å²) in [6.45, 7) is 0.387. The molecule has 1 fully saturated rings. The zero-order valence-electron chi connectivity index (χ0n) is 10.9. The van der Waals surface area contributed by atoms with Gasteiger partial charge < -0.3 is 5.11 Å². The van der Waals surface area contributed by atoms with Crippen LogP contribution in [0.1, 0.15) is 18.5 Å². The first kappa shape index (κ1) is 12.8. The fourth-order valence-corrected chi connectivity index (χ4v) is 2.32. The van der Waals surface area contributed by atoms with Gasteiger partial charge in [0.2, 0.25) is 0 Å². The molecule has 0 spiro atoms. The smallest absolute Gasteiger partial charge is 0.317 e. The Morgan fingerprint density at radius 2 is 2.25 bits per heavy atom. The normalized spacial score (nSPS) is 14.8. The molecule has 2 aromatic heterocycles. The van der Waals surface area contributed by atoms with Gasteiger partial charge in [-0.15, -0.1) is 0 Å². The molecule has 20 heavy (non-hydrogen) atoms. The van der Waals surface area contributed by atoms with Crippen LogP contribution in [-0.2, 0) is 11.3 Å². The zero-order chi connectivity index (χ0) is 14.1. The van der Waals surface area contributed by atoms with E-state index in [9.17, 15) is 9.59 Å². The highest BCUT2D eigenvalue weighted by Crippen LogP contribution is 2.27. The van der Waals surface area contributed by atoms with Crippen molar-refractivity contribution < 1.29 is 9.90 Å². The molecule has 6 nitrogen and oxygen atoms in total. The number of hydrogen-bond acceptors (Lipinski definition) is 4. The van der Waals surface area contributed by atoms with Gasteiger partial charge in [0.05, 0.1) is 12.2 Å². The molecule has 1 N–H and O–H groups in total. The van der Waals surface area contributed by atoms with E-state index >= 15 is 0 Å². The number of pyridine rings is 1. The molecule has 6 heteroatoms. The van der Waals surface area contributed by atoms with E-state index < -0.39 is 5.97 Å². The van der Waals surface area contributed by atoms with Crippen LogP contribution in [0.25, 0.3) is 5.65 Å². The second-order valence-corrected chi connectivity index (χ2v) is 5.04. The highest BCUT2D eigenvalue weighted by molar-refractivity contribution is 5.69. The van der Waals surface area contributed by atoms with Crippen LogP contribution in [0, 0.1) is 0 Å². The fraction of sp³-hybridized carbons (Fsp3) is 0.357. The zero-order valence-corrected chi connectivity index (χ0v) is 10.9. The molecule has 0 atom stereocenters. The largest absolute Gasteiger partial charge is 0.480 e. The lowest BCUT2D eigenvalue weighted by Gasteiger charge is -2.19. The summed E-state index contributed by atoms with van der Waals surface area (Å²) in [6, 6.07) is 7.15. The van der Waals surface area contributed by atoms with E-state index in [1.165, 1.54) is 10.5 Å². The molecule has 0 aromatic carbocycles. The maximum absolute atomic E-state index is 12.0. The van der Waals surface area contributed by atoms with Gasteiger partial charge in [-0.3, -0.25) is 18.9 Å². The van der Waals surface area contributed by atoms with E-state index in [2.05, 4.69) is 4.98 Å². The van der Waals surface area contributed by atoms with Crippen molar-refractivity contribution in [2.24, 2.45) is 0 Å². The van der Waals surface area contributed by atoms with Crippen molar-refractivity contribution in [3.05, 3.63) is 46.5 Å². The van der Waals surface area contributed by atoms with Crippen LogP contribution in [0.3, 0.4) is 0 Å². The van der Waals surface area contributed by atoms with Crippen molar-refractivity contribution in [1.82, 2.24) is 14.3 Å². The number of carbonyl (C=O) groups is 1. The van der Waals surface area contributed by atoms with Gasteiger partial charge in [0.25, 0.3) is 5.56 Å². The number of aromatic nitrogens is 2. The predicted octanol–water partition coefficient (Wildman–Crippen LogP) is 0.743. The highest BCUT2D eigenvalue weighted by atomic mass is 16.4. The summed E-state index contributed by atoms with van der Waals surface area (Å²) in [5, 5.41) is 8.94. The molecule has 2 aromatic rings. The first-order chi connectivity index (χ1) is 9.63. The molecule has 0 amide bonds. The molecule has 0 saturated heterocycles. The molecule has 3 rings (SSSR count). The Hall–Kier alpha value is -2.21. The van der Waals surface area contributed by atoms with E-state index in [0.29, 0.717) is 23.9 Å². The lowest BCUT2D eigenvalue weighted by molar-refractivity contribution is -0.138. The average Bonchev–Trinajstić information content (AvgIpc) is 3.22. The second-order valence-electron chi connectivity index (χ2n) is 5.04. The van der Waals surface area contributed by atoms with Crippen LogP contribution in [0.2, 0.25) is 0 Å². The summed E-state index contributed by atoms with van der Waals surface area (Å²) in [5.74, 6) is -0.852. The van der Waals surface area contributed by atoms with Gasteiger partial charge in [-0.25, -0.2) is 4.98 Å². The minimum atomic E-state index is -0.852. The molecule has 0 unspecified atom stereocenters. The second kappa shape index (κ2) is 5.05. The van der Waals surface area contributed by atoms with Crippen LogP contribution in [-0.4, -0.2) is 37.9 Å². The highest BCUT2D eigenvalue weighted by Gasteiger charge is 2.30. The van der Waals surface area contributed by atoms with E-state index in [4.69, 9.17) is 5.11 Å². The van der Waals surface area contributed by atoms with Gasteiger partial charge in [-0.05, 0) is 25.0 Å². The third-order valence-electron chi connectivity index (χ3n) is 3.39. The van der Waals surface area contributed by atoms with Crippen LogP contribution >= 0.6 is 0 Å². The van der Waals surface area contributed by atoms with Gasteiger partial charge in [-0.1, -0.05) is 6.07 Å². The van der Waals surface area contributed by atoms with Gasteiger partial charge in [0, 0.05) is 24.8 Å². The van der Waals surface area contributed by atoms with E-state index in [-0.39, 0.29) is 12.1 Å². The molecule has 0 bridgehead atoms. The summed E-state index contributed by atoms with van der Waals surface area (Å²) >= 11 is 0. The van der Waals surface area contributed by atoms with Crippen molar-refractivity contribution >= 4 is 11.6 Å². The molecule has 1 saturated carbocycles. The number of fused-ring (bicyclic) bond motifs is 1. The summed E-state index contributed by atoms with van der Waals surface area (Å²) in [7, 11) is 0. The monoisotopic (exact) mass is 273 g/mol. The third-order valence-corrected chi connectivity index (χ3v) is 3.39. The van der Waals surface area contributed by atoms with Gasteiger partial charge in [-0.2, -0.15) is 0 Å². The molecule has 0 aliphatic heterocycles. The predicted molar refractivity (Wildman–Crippen MR) is 72.5 cm³/mol. The van der Waals surface area contributed by atoms with Crippen molar-refractivity contribution in [1.29, 1.82) is 0 Å². The van der Waals surface area contributed by atoms with Crippen LogP contribution in [0.4, 0.5) is 0 Å². The van der Waals surface area contributed by atoms with Crippen LogP contribution < -0.4 is 5.56 Å². The molecular weight excluding hydrogens is 258 g/mol. The summed E-state index contributed by atoms with van der Waals surface area (Å²) in [5.41, 5.74) is 1.06. The maximum atomic E-state index is 12.0. The molecule has 1 aliphatic rings. The Morgan fingerprint density at radius 3 is 2.95 bits per heavy atom. The van der Waals surface area contributed by atoms with Crippen molar-refractivity contribution in [2.75, 3.05) is 6.54 Å². The first-order valence-corrected chi connectivity index (χ1v) is 6.56. The average molecular weight is 273 g/mol. The maximum Gasteiger partial charge on any atom is 0.317 e. The number of carboxylic acid groups (broad SMARTS) is 1.